The molecule has 0 N–H and O–H groups in total. The van der Waals surface area contributed by atoms with E-state index in [1.165, 1.54) is 0 Å². The quantitative estimate of drug-likeness (QED) is 0.399. The Labute approximate surface area is 212 Å². The predicted molar refractivity (Wildman–Crippen MR) is 143 cm³/mol. The average molecular weight is 562 g/mol. The summed E-state index contributed by atoms with van der Waals surface area (Å²) in [5.74, 6) is 0.473. The van der Waals surface area contributed by atoms with Gasteiger partial charge in [-0.3, -0.25) is 9.98 Å². The molecular formula is C24H27BrN5O2S2+. The topological polar surface area (TPSA) is 79.7 Å². The van der Waals surface area contributed by atoms with Gasteiger partial charge < -0.3 is 0 Å². The molecule has 1 atom stereocenters. The highest BCUT2D eigenvalue weighted by atomic mass is 79.9. The lowest BCUT2D eigenvalue weighted by molar-refractivity contribution is -0.467. The number of aliphatic imine (C=N–C) groups is 2. The fourth-order valence-electron chi connectivity index (χ4n) is 4.67. The van der Waals surface area contributed by atoms with Gasteiger partial charge in [0.05, 0.1) is 40.8 Å². The summed E-state index contributed by atoms with van der Waals surface area (Å²) in [5, 5.41) is 8.64. The fourth-order valence-corrected chi connectivity index (χ4v) is 7.65. The lowest BCUT2D eigenvalue weighted by Crippen LogP contribution is -2.30. The Kier molecular flexibility index (Phi) is 6.56. The van der Waals surface area contributed by atoms with Gasteiger partial charge in [-0.25, -0.2) is 17.7 Å². The van der Waals surface area contributed by atoms with Gasteiger partial charge in [0.1, 0.15) is 27.6 Å². The second-order valence-electron chi connectivity index (χ2n) is 8.83. The van der Waals surface area contributed by atoms with E-state index in [2.05, 4.69) is 40.0 Å². The summed E-state index contributed by atoms with van der Waals surface area (Å²) in [6.07, 6.45) is 8.61. The Hall–Kier alpha value is -2.17. The van der Waals surface area contributed by atoms with Crippen molar-refractivity contribution in [3.63, 3.8) is 0 Å². The largest absolute Gasteiger partial charge is 0.283 e. The molecule has 2 aromatic heterocycles. The Morgan fingerprint density at radius 1 is 1.29 bits per heavy atom. The highest BCUT2D eigenvalue weighted by Gasteiger charge is 2.35. The first-order chi connectivity index (χ1) is 16.4. The number of nitrogens with zero attached hydrogens (tertiary/aromatic N) is 5. The van der Waals surface area contributed by atoms with Crippen LogP contribution in [0, 0.1) is 5.92 Å². The second-order valence-corrected chi connectivity index (χ2v) is 12.7. The van der Waals surface area contributed by atoms with Crippen molar-refractivity contribution < 1.29 is 13.0 Å². The van der Waals surface area contributed by atoms with Crippen LogP contribution in [0.25, 0.3) is 11.3 Å². The first kappa shape index (κ1) is 23.6. The Morgan fingerprint density at radius 2 is 2.09 bits per heavy atom. The monoisotopic (exact) mass is 560 g/mol. The number of hydrogen-bond donors (Lipinski definition) is 0. The third-order valence-electron chi connectivity index (χ3n) is 6.72. The maximum absolute atomic E-state index is 12.1. The van der Waals surface area contributed by atoms with Crippen LogP contribution in [0.3, 0.4) is 0 Å². The van der Waals surface area contributed by atoms with Crippen molar-refractivity contribution in [2.45, 2.75) is 38.6 Å². The molecule has 5 heterocycles. The zero-order chi connectivity index (χ0) is 23.9. The van der Waals surface area contributed by atoms with Crippen molar-refractivity contribution in [1.82, 2.24) is 9.78 Å². The molecule has 0 aliphatic carbocycles. The van der Waals surface area contributed by atoms with E-state index in [1.807, 2.05) is 39.3 Å². The van der Waals surface area contributed by atoms with Crippen LogP contribution in [0.1, 0.15) is 38.2 Å². The maximum Gasteiger partial charge on any atom is 0.197 e. The number of allylic oxidation sites excluding steroid dienone is 3. The number of hydrogen-bond acceptors (Lipinski definition) is 6. The molecular weight excluding hydrogens is 534 g/mol. The normalized spacial score (nSPS) is 23.0. The van der Waals surface area contributed by atoms with Gasteiger partial charge in [0.25, 0.3) is 0 Å². The van der Waals surface area contributed by atoms with E-state index in [9.17, 15) is 8.42 Å². The zero-order valence-corrected chi connectivity index (χ0v) is 22.2. The van der Waals surface area contributed by atoms with Gasteiger partial charge >= 0.3 is 0 Å². The molecule has 1 fully saturated rings. The molecule has 3 aliphatic heterocycles. The lowest BCUT2D eigenvalue weighted by atomic mass is 9.92. The standard InChI is InChI=1S/C24H27BrN5O2S2/c1-3-29(2)21-5-4-20-24(28-23(22(21)25)16-7-10-34(31,32)11-8-16)19(13-26-20)17-12-27-30(14-17)18-6-9-33-15-18/h6,9,12-16,20H,2-5,7-8,10-11H2,1H3/q+1. The molecule has 2 aromatic rings. The number of halogens is 1. The third-order valence-corrected chi connectivity index (χ3v) is 9.97. The molecule has 3 aliphatic rings. The van der Waals surface area contributed by atoms with Crippen molar-refractivity contribution in [2.75, 3.05) is 18.1 Å². The highest BCUT2D eigenvalue weighted by molar-refractivity contribution is 9.12. The molecule has 7 nitrogen and oxygen atoms in total. The Morgan fingerprint density at radius 3 is 2.79 bits per heavy atom. The van der Waals surface area contributed by atoms with Crippen LogP contribution in [-0.2, 0) is 9.84 Å². The van der Waals surface area contributed by atoms with E-state index < -0.39 is 9.84 Å². The van der Waals surface area contributed by atoms with Crippen LogP contribution in [0.15, 0.2) is 55.1 Å². The summed E-state index contributed by atoms with van der Waals surface area (Å²) in [6, 6.07) is 2.00. The van der Waals surface area contributed by atoms with E-state index in [1.54, 1.807) is 11.3 Å². The van der Waals surface area contributed by atoms with Crippen LogP contribution >= 0.6 is 27.3 Å². The van der Waals surface area contributed by atoms with Gasteiger partial charge in [0, 0.05) is 41.3 Å². The summed E-state index contributed by atoms with van der Waals surface area (Å²) in [6.45, 7) is 7.07. The molecule has 1 saturated heterocycles. The van der Waals surface area contributed by atoms with E-state index in [4.69, 9.17) is 9.98 Å². The first-order valence-corrected chi connectivity index (χ1v) is 15.0. The summed E-state index contributed by atoms with van der Waals surface area (Å²) < 4.78 is 29.0. The van der Waals surface area contributed by atoms with Crippen LogP contribution in [0.5, 0.6) is 0 Å². The van der Waals surface area contributed by atoms with Crippen molar-refractivity contribution in [1.29, 1.82) is 0 Å². The van der Waals surface area contributed by atoms with Gasteiger partial charge in [0.15, 0.2) is 5.70 Å². The van der Waals surface area contributed by atoms with Gasteiger partial charge in [-0.1, -0.05) is 0 Å². The molecule has 10 heteroatoms. The minimum absolute atomic E-state index is 0.0392. The number of thiophene rings is 1. The van der Waals surface area contributed by atoms with E-state index in [0.29, 0.717) is 12.8 Å². The fraction of sp³-hybridized carbons (Fsp3) is 0.417. The van der Waals surface area contributed by atoms with Crippen LogP contribution < -0.4 is 0 Å². The number of fused-ring (bicyclic) bond motifs is 1. The van der Waals surface area contributed by atoms with Crippen LogP contribution in [-0.4, -0.2) is 65.5 Å². The molecule has 0 aromatic carbocycles. The molecule has 1 unspecified atom stereocenters. The van der Waals surface area contributed by atoms with Crippen molar-refractivity contribution in [2.24, 2.45) is 15.9 Å². The second kappa shape index (κ2) is 9.47. The summed E-state index contributed by atoms with van der Waals surface area (Å²) in [7, 11) is -2.97. The molecule has 0 amide bonds. The maximum atomic E-state index is 12.1. The summed E-state index contributed by atoms with van der Waals surface area (Å²) in [4.78, 5) is 10.1. The third kappa shape index (κ3) is 4.55. The van der Waals surface area contributed by atoms with Gasteiger partial charge in [0.2, 0.25) is 0 Å². The lowest BCUT2D eigenvalue weighted by Gasteiger charge is -2.26. The average Bonchev–Trinajstić information content (AvgIpc) is 3.57. The van der Waals surface area contributed by atoms with Crippen LogP contribution in [0.2, 0.25) is 0 Å². The highest BCUT2D eigenvalue weighted by Crippen LogP contribution is 2.37. The minimum Gasteiger partial charge on any atom is -0.283 e. The smallest absolute Gasteiger partial charge is 0.197 e. The van der Waals surface area contributed by atoms with Crippen molar-refractivity contribution in [3.05, 3.63) is 50.7 Å². The Balaban J connectivity index is 1.60. The van der Waals surface area contributed by atoms with E-state index in [0.717, 1.165) is 57.8 Å². The van der Waals surface area contributed by atoms with Crippen molar-refractivity contribution >= 4 is 61.3 Å². The molecule has 5 rings (SSSR count). The Bertz CT molecular complexity index is 1340. The zero-order valence-electron chi connectivity index (χ0n) is 19.0. The molecule has 34 heavy (non-hydrogen) atoms. The van der Waals surface area contributed by atoms with Gasteiger partial charge in [-0.05, 0) is 53.6 Å². The number of aromatic nitrogens is 2. The van der Waals surface area contributed by atoms with Crippen molar-refractivity contribution in [3.8, 4) is 5.69 Å². The molecule has 0 saturated carbocycles. The SMILES string of the molecule is C=[N+](CC)C1=C(Br)C(C2CCS(=O)(=O)CC2)=NC2=C(c3cnn(-c4ccsc4)c3)C=NC2CC1. The molecule has 178 valence electrons. The number of rotatable bonds is 5. The molecule has 0 spiro atoms. The van der Waals surface area contributed by atoms with E-state index in [-0.39, 0.29) is 23.5 Å². The minimum atomic E-state index is -2.97. The van der Waals surface area contributed by atoms with E-state index >= 15 is 0 Å². The summed E-state index contributed by atoms with van der Waals surface area (Å²) in [5.41, 5.74) is 5.95. The summed E-state index contributed by atoms with van der Waals surface area (Å²) >= 11 is 5.49. The van der Waals surface area contributed by atoms with Gasteiger partial charge in [-0.2, -0.15) is 16.4 Å². The molecule has 0 bridgehead atoms. The molecule has 0 radical (unpaired) electrons. The number of sulfone groups is 1. The van der Waals surface area contributed by atoms with Gasteiger partial charge in [-0.15, -0.1) is 0 Å². The predicted octanol–water partition coefficient (Wildman–Crippen LogP) is 4.50. The first-order valence-electron chi connectivity index (χ1n) is 11.5. The van der Waals surface area contributed by atoms with Crippen LogP contribution in [0.4, 0.5) is 0 Å².